The molecule has 1 aliphatic carbocycles. The number of nitrogens with zero attached hydrogens (tertiary/aromatic N) is 4. The summed E-state index contributed by atoms with van der Waals surface area (Å²) in [5.74, 6) is -1.06. The van der Waals surface area contributed by atoms with Crippen LogP contribution in [0.2, 0.25) is 0 Å². The number of aromatic carboxylic acids is 1. The third kappa shape index (κ3) is 2.16. The smallest absolute Gasteiger partial charge is 0.357 e. The van der Waals surface area contributed by atoms with E-state index in [0.717, 1.165) is 28.9 Å². The number of nitrogens with one attached hydrogen (secondary N) is 1. The lowest BCUT2D eigenvalue weighted by molar-refractivity contribution is 0.0690. The summed E-state index contributed by atoms with van der Waals surface area (Å²) < 4.78 is 1.72. The number of H-pyrrole nitrogens is 1. The summed E-state index contributed by atoms with van der Waals surface area (Å²) in [7, 11) is 0. The number of carboxylic acid groups (broad SMARTS) is 1. The summed E-state index contributed by atoms with van der Waals surface area (Å²) >= 11 is 0. The number of fused-ring (bicyclic) bond motifs is 3. The fourth-order valence-corrected chi connectivity index (χ4v) is 3.18. The molecule has 2 N–H and O–H groups in total. The van der Waals surface area contributed by atoms with Gasteiger partial charge in [-0.05, 0) is 36.1 Å². The number of nitriles is 1. The molecule has 0 radical (unpaired) electrons. The van der Waals surface area contributed by atoms with Gasteiger partial charge in [0.25, 0.3) is 0 Å². The van der Waals surface area contributed by atoms with Crippen LogP contribution in [0.4, 0.5) is 0 Å². The third-order valence-corrected chi connectivity index (χ3v) is 4.25. The topological polar surface area (TPSA) is 108 Å². The van der Waals surface area contributed by atoms with E-state index >= 15 is 0 Å². The first kappa shape index (κ1) is 14.2. The summed E-state index contributed by atoms with van der Waals surface area (Å²) in [6, 6.07) is 9.36. The molecule has 7 heteroatoms. The minimum Gasteiger partial charge on any atom is -0.476 e. The zero-order valence-electron chi connectivity index (χ0n) is 12.7. The van der Waals surface area contributed by atoms with Crippen LogP contribution in [0, 0.1) is 11.3 Å². The number of benzene rings is 1. The lowest BCUT2D eigenvalue weighted by atomic mass is 9.94. The Bertz CT molecular complexity index is 993. The Morgan fingerprint density at radius 3 is 3.08 bits per heavy atom. The van der Waals surface area contributed by atoms with Crippen LogP contribution >= 0.6 is 0 Å². The highest BCUT2D eigenvalue weighted by molar-refractivity contribution is 5.95. The summed E-state index contributed by atoms with van der Waals surface area (Å²) in [6.45, 7) is 0.425. The van der Waals surface area contributed by atoms with Crippen molar-refractivity contribution in [1.29, 1.82) is 5.26 Å². The number of rotatable bonds is 3. The molecule has 3 aromatic rings. The van der Waals surface area contributed by atoms with E-state index in [1.165, 1.54) is 0 Å². The second-order valence-corrected chi connectivity index (χ2v) is 5.72. The zero-order valence-corrected chi connectivity index (χ0v) is 12.7. The second-order valence-electron chi connectivity index (χ2n) is 5.72. The second kappa shape index (κ2) is 5.35. The molecule has 0 bridgehead atoms. The molecular formula is C17H13N5O2. The molecule has 0 unspecified atom stereocenters. The van der Waals surface area contributed by atoms with Crippen LogP contribution in [0.25, 0.3) is 11.3 Å². The van der Waals surface area contributed by atoms with Crippen molar-refractivity contribution in [2.24, 2.45) is 0 Å². The maximum absolute atomic E-state index is 11.6. The molecule has 4 rings (SSSR count). The molecule has 0 saturated heterocycles. The van der Waals surface area contributed by atoms with Crippen LogP contribution in [0.3, 0.4) is 0 Å². The number of aromatic amines is 1. The monoisotopic (exact) mass is 319 g/mol. The first-order valence-corrected chi connectivity index (χ1v) is 7.52. The molecule has 118 valence electrons. The molecular weight excluding hydrogens is 306 g/mol. The highest BCUT2D eigenvalue weighted by Crippen LogP contribution is 2.34. The van der Waals surface area contributed by atoms with E-state index in [1.54, 1.807) is 23.0 Å². The van der Waals surface area contributed by atoms with Gasteiger partial charge in [0.05, 0.1) is 35.6 Å². The van der Waals surface area contributed by atoms with E-state index in [4.69, 9.17) is 5.26 Å². The number of aryl methyl sites for hydroxylation is 1. The fourth-order valence-electron chi connectivity index (χ4n) is 3.18. The van der Waals surface area contributed by atoms with Gasteiger partial charge in [0.2, 0.25) is 0 Å². The standard InChI is InChI=1S/C17H13N5O2/c18-7-10-2-1-3-11(6-10)9-22-13-5-4-12-8-19-20-15(12)14(13)16(21-22)17(23)24/h1-3,6,8H,4-5,9H2,(H,19,20)(H,23,24). The molecule has 2 aromatic heterocycles. The lowest BCUT2D eigenvalue weighted by Gasteiger charge is -2.14. The number of hydrogen-bond donors (Lipinski definition) is 2. The van der Waals surface area contributed by atoms with Crippen LogP contribution in [0.15, 0.2) is 30.5 Å². The fraction of sp³-hybridized carbons (Fsp3) is 0.176. The average Bonchev–Trinajstić information content (AvgIpc) is 3.19. The predicted octanol–water partition coefficient (Wildman–Crippen LogP) is 1.99. The van der Waals surface area contributed by atoms with Crippen LogP contribution in [-0.4, -0.2) is 31.1 Å². The van der Waals surface area contributed by atoms with Gasteiger partial charge in [-0.25, -0.2) is 4.79 Å². The van der Waals surface area contributed by atoms with Gasteiger partial charge in [0.1, 0.15) is 0 Å². The van der Waals surface area contributed by atoms with Gasteiger partial charge >= 0.3 is 5.97 Å². The van der Waals surface area contributed by atoms with Crippen LogP contribution < -0.4 is 0 Å². The summed E-state index contributed by atoms with van der Waals surface area (Å²) in [5.41, 5.74) is 4.77. The number of hydrogen-bond acceptors (Lipinski definition) is 4. The minimum atomic E-state index is -1.06. The van der Waals surface area contributed by atoms with Gasteiger partial charge < -0.3 is 5.11 Å². The van der Waals surface area contributed by atoms with Crippen molar-refractivity contribution in [3.8, 4) is 17.3 Å². The molecule has 0 saturated carbocycles. The van der Waals surface area contributed by atoms with E-state index in [-0.39, 0.29) is 5.69 Å². The summed E-state index contributed by atoms with van der Waals surface area (Å²) in [6.07, 6.45) is 3.24. The molecule has 0 spiro atoms. The zero-order chi connectivity index (χ0) is 16.7. The van der Waals surface area contributed by atoms with E-state index in [1.807, 2.05) is 12.1 Å². The van der Waals surface area contributed by atoms with E-state index < -0.39 is 5.97 Å². The Morgan fingerprint density at radius 2 is 2.29 bits per heavy atom. The van der Waals surface area contributed by atoms with E-state index in [9.17, 15) is 9.90 Å². The summed E-state index contributed by atoms with van der Waals surface area (Å²) in [5, 5.41) is 29.8. The lowest BCUT2D eigenvalue weighted by Crippen LogP contribution is -2.10. The Labute approximate surface area is 137 Å². The van der Waals surface area contributed by atoms with Crippen LogP contribution in [0.1, 0.15) is 32.9 Å². The van der Waals surface area contributed by atoms with Gasteiger partial charge in [-0.15, -0.1) is 0 Å². The normalized spacial score (nSPS) is 12.3. The van der Waals surface area contributed by atoms with Crippen molar-refractivity contribution in [2.75, 3.05) is 0 Å². The first-order chi connectivity index (χ1) is 11.7. The van der Waals surface area contributed by atoms with Crippen molar-refractivity contribution in [1.82, 2.24) is 20.0 Å². The molecule has 24 heavy (non-hydrogen) atoms. The van der Waals surface area contributed by atoms with Crippen LogP contribution in [0.5, 0.6) is 0 Å². The molecule has 1 aromatic carbocycles. The Hall–Kier alpha value is -3.40. The number of carboxylic acids is 1. The molecule has 0 atom stereocenters. The third-order valence-electron chi connectivity index (χ3n) is 4.25. The van der Waals surface area contributed by atoms with Gasteiger partial charge in [-0.2, -0.15) is 15.5 Å². The molecule has 7 nitrogen and oxygen atoms in total. The highest BCUT2D eigenvalue weighted by Gasteiger charge is 2.29. The molecule has 0 fully saturated rings. The van der Waals surface area contributed by atoms with Crippen molar-refractivity contribution in [3.63, 3.8) is 0 Å². The van der Waals surface area contributed by atoms with Crippen molar-refractivity contribution < 1.29 is 9.90 Å². The number of aromatic nitrogens is 4. The van der Waals surface area contributed by atoms with Crippen molar-refractivity contribution >= 4 is 5.97 Å². The first-order valence-electron chi connectivity index (χ1n) is 7.52. The van der Waals surface area contributed by atoms with Gasteiger partial charge in [0.15, 0.2) is 5.69 Å². The molecule has 2 heterocycles. The Morgan fingerprint density at radius 1 is 1.42 bits per heavy atom. The van der Waals surface area contributed by atoms with Gasteiger partial charge in [0, 0.05) is 5.69 Å². The summed E-state index contributed by atoms with van der Waals surface area (Å²) in [4.78, 5) is 11.6. The van der Waals surface area contributed by atoms with E-state index in [0.29, 0.717) is 24.1 Å². The molecule has 1 aliphatic rings. The van der Waals surface area contributed by atoms with Gasteiger partial charge in [-0.1, -0.05) is 12.1 Å². The van der Waals surface area contributed by atoms with Crippen molar-refractivity contribution in [2.45, 2.75) is 19.4 Å². The number of carbonyl (C=O) groups is 1. The largest absolute Gasteiger partial charge is 0.476 e. The molecule has 0 aliphatic heterocycles. The Kier molecular flexibility index (Phi) is 3.17. The maximum atomic E-state index is 11.6. The van der Waals surface area contributed by atoms with Crippen molar-refractivity contribution in [3.05, 3.63) is 58.5 Å². The van der Waals surface area contributed by atoms with Crippen LogP contribution in [-0.2, 0) is 19.4 Å². The van der Waals surface area contributed by atoms with E-state index in [2.05, 4.69) is 21.4 Å². The maximum Gasteiger partial charge on any atom is 0.357 e. The predicted molar refractivity (Wildman–Crippen MR) is 84.4 cm³/mol. The molecule has 0 amide bonds. The SMILES string of the molecule is N#Cc1cccc(Cn2nc(C(=O)O)c3c2CCc2cn[nH]c2-3)c1. The average molecular weight is 319 g/mol. The van der Waals surface area contributed by atoms with Gasteiger partial charge in [-0.3, -0.25) is 9.78 Å². The quantitative estimate of drug-likeness (QED) is 0.767. The minimum absolute atomic E-state index is 0.0339. The Balaban J connectivity index is 1.82. The highest BCUT2D eigenvalue weighted by atomic mass is 16.4.